The predicted octanol–water partition coefficient (Wildman–Crippen LogP) is 3.67. The molecule has 3 nitrogen and oxygen atoms in total. The van der Waals surface area contributed by atoms with Crippen molar-refractivity contribution in [2.45, 2.75) is 38.1 Å². The molecule has 4 rings (SSSR count). The number of benzene rings is 1. The van der Waals surface area contributed by atoms with E-state index in [4.69, 9.17) is 10.5 Å². The van der Waals surface area contributed by atoms with Crippen molar-refractivity contribution in [1.82, 2.24) is 0 Å². The first kappa shape index (κ1) is 12.7. The first-order valence-electron chi connectivity index (χ1n) is 8.01. The fourth-order valence-electron chi connectivity index (χ4n) is 5.27. The van der Waals surface area contributed by atoms with Gasteiger partial charge >= 0.3 is 0 Å². The topological polar surface area (TPSA) is 59.6 Å². The fourth-order valence-corrected chi connectivity index (χ4v) is 5.27. The molecule has 3 aliphatic carbocycles. The Hall–Kier alpha value is -2.00. The van der Waals surface area contributed by atoms with Gasteiger partial charge < -0.3 is 5.32 Å². The van der Waals surface area contributed by atoms with Crippen LogP contribution in [0.3, 0.4) is 0 Å². The van der Waals surface area contributed by atoms with Gasteiger partial charge in [-0.1, -0.05) is 6.42 Å². The van der Waals surface area contributed by atoms with Crippen molar-refractivity contribution in [1.29, 1.82) is 10.5 Å². The molecule has 0 aromatic heterocycles. The lowest BCUT2D eigenvalue weighted by Crippen LogP contribution is -2.33. The summed E-state index contributed by atoms with van der Waals surface area (Å²) < 4.78 is 0. The summed E-state index contributed by atoms with van der Waals surface area (Å²) >= 11 is 0. The highest BCUT2D eigenvalue weighted by molar-refractivity contribution is 5.56. The maximum atomic E-state index is 9.13. The number of anilines is 1. The van der Waals surface area contributed by atoms with Gasteiger partial charge in [-0.05, 0) is 67.6 Å². The monoisotopic (exact) mass is 277 g/mol. The summed E-state index contributed by atoms with van der Waals surface area (Å²) in [6, 6.07) is 10.3. The summed E-state index contributed by atoms with van der Waals surface area (Å²) in [7, 11) is 0. The number of nitriles is 2. The molecule has 21 heavy (non-hydrogen) atoms. The molecule has 3 saturated carbocycles. The molecule has 5 unspecified atom stereocenters. The number of fused-ring (bicyclic) bond motifs is 5. The van der Waals surface area contributed by atoms with Gasteiger partial charge in [-0.15, -0.1) is 0 Å². The molecule has 106 valence electrons. The van der Waals surface area contributed by atoms with Crippen molar-refractivity contribution in [3.05, 3.63) is 29.3 Å². The van der Waals surface area contributed by atoms with Crippen molar-refractivity contribution < 1.29 is 0 Å². The van der Waals surface area contributed by atoms with E-state index in [1.54, 1.807) is 6.07 Å². The number of hydrogen-bond donors (Lipinski definition) is 1. The number of rotatable bonds is 2. The van der Waals surface area contributed by atoms with Gasteiger partial charge in [0.25, 0.3) is 0 Å². The molecule has 0 amide bonds. The molecule has 1 N–H and O–H groups in total. The van der Waals surface area contributed by atoms with Crippen LogP contribution in [0.2, 0.25) is 0 Å². The molecule has 3 heteroatoms. The maximum absolute atomic E-state index is 9.13. The highest BCUT2D eigenvalue weighted by Gasteiger charge is 2.53. The first-order valence-corrected chi connectivity index (χ1v) is 8.01. The Morgan fingerprint density at radius 2 is 1.76 bits per heavy atom. The molecule has 0 radical (unpaired) electrons. The van der Waals surface area contributed by atoms with Gasteiger partial charge in [-0.3, -0.25) is 0 Å². The zero-order chi connectivity index (χ0) is 14.4. The van der Waals surface area contributed by atoms with Gasteiger partial charge in [0.2, 0.25) is 0 Å². The minimum absolute atomic E-state index is 0.465. The normalized spacial score (nSPS) is 36.0. The van der Waals surface area contributed by atoms with Crippen molar-refractivity contribution in [3.8, 4) is 12.1 Å². The summed E-state index contributed by atoms with van der Waals surface area (Å²) in [6.45, 7) is 0. The average Bonchev–Trinajstić information content (AvgIpc) is 3.19. The Kier molecular flexibility index (Phi) is 2.89. The van der Waals surface area contributed by atoms with Crippen molar-refractivity contribution in [3.63, 3.8) is 0 Å². The Labute approximate surface area is 125 Å². The van der Waals surface area contributed by atoms with E-state index in [1.165, 1.54) is 32.1 Å². The number of nitrogens with zero attached hydrogens (tertiary/aromatic N) is 2. The minimum atomic E-state index is 0.465. The van der Waals surface area contributed by atoms with Gasteiger partial charge in [0.05, 0.1) is 11.1 Å². The van der Waals surface area contributed by atoms with E-state index in [-0.39, 0.29) is 0 Å². The van der Waals surface area contributed by atoms with Gasteiger partial charge in [0.1, 0.15) is 12.1 Å². The van der Waals surface area contributed by atoms with Crippen LogP contribution in [-0.4, -0.2) is 6.04 Å². The molecular formula is C18H19N3. The summed E-state index contributed by atoms with van der Waals surface area (Å²) in [6.07, 6.45) is 6.97. The largest absolute Gasteiger partial charge is 0.382 e. The van der Waals surface area contributed by atoms with E-state index in [0.29, 0.717) is 17.2 Å². The SMILES string of the molecule is N#Cc1ccc(NC2CC3CC2C2CCCC32)cc1C#N. The number of nitrogens with one attached hydrogen (secondary N) is 1. The summed E-state index contributed by atoms with van der Waals surface area (Å²) in [5.74, 6) is 3.69. The van der Waals surface area contributed by atoms with E-state index < -0.39 is 0 Å². The predicted molar refractivity (Wildman–Crippen MR) is 80.3 cm³/mol. The van der Waals surface area contributed by atoms with E-state index >= 15 is 0 Å². The lowest BCUT2D eigenvalue weighted by molar-refractivity contribution is 0.243. The standard InChI is InChI=1S/C18H19N3/c19-9-11-4-5-14(6-13(11)10-20)21-18-8-12-7-17(18)16-3-1-2-15(12)16/h4-6,12,15-18,21H,1-3,7-8H2. The molecule has 5 atom stereocenters. The van der Waals surface area contributed by atoms with Gasteiger partial charge in [0, 0.05) is 11.7 Å². The van der Waals surface area contributed by atoms with Gasteiger partial charge in [-0.2, -0.15) is 10.5 Å². The summed E-state index contributed by atoms with van der Waals surface area (Å²) in [5, 5.41) is 21.8. The van der Waals surface area contributed by atoms with E-state index in [1.807, 2.05) is 12.1 Å². The Balaban J connectivity index is 1.53. The molecular weight excluding hydrogens is 258 g/mol. The second-order valence-corrected chi connectivity index (χ2v) is 6.89. The third kappa shape index (κ3) is 1.92. The molecule has 2 bridgehead atoms. The quantitative estimate of drug-likeness (QED) is 0.897. The van der Waals surface area contributed by atoms with Crippen LogP contribution < -0.4 is 5.32 Å². The second kappa shape index (κ2) is 4.78. The summed E-state index contributed by atoms with van der Waals surface area (Å²) in [4.78, 5) is 0. The second-order valence-electron chi connectivity index (χ2n) is 6.89. The first-order chi connectivity index (χ1) is 10.3. The Morgan fingerprint density at radius 3 is 2.57 bits per heavy atom. The van der Waals surface area contributed by atoms with Crippen LogP contribution in [-0.2, 0) is 0 Å². The lowest BCUT2D eigenvalue weighted by Gasteiger charge is -2.32. The van der Waals surface area contributed by atoms with Crippen LogP contribution in [0.1, 0.15) is 43.2 Å². The Morgan fingerprint density at radius 1 is 0.952 bits per heavy atom. The fraction of sp³-hybridized carbons (Fsp3) is 0.556. The average molecular weight is 277 g/mol. The van der Waals surface area contributed by atoms with Crippen LogP contribution in [0.4, 0.5) is 5.69 Å². The van der Waals surface area contributed by atoms with Crippen LogP contribution >= 0.6 is 0 Å². The van der Waals surface area contributed by atoms with Gasteiger partial charge in [-0.25, -0.2) is 0 Å². The molecule has 0 aliphatic heterocycles. The van der Waals surface area contributed by atoms with Crippen molar-refractivity contribution in [2.75, 3.05) is 5.32 Å². The van der Waals surface area contributed by atoms with E-state index in [0.717, 1.165) is 29.4 Å². The highest BCUT2D eigenvalue weighted by Crippen LogP contribution is 2.59. The zero-order valence-electron chi connectivity index (χ0n) is 12.0. The van der Waals surface area contributed by atoms with Crippen LogP contribution in [0.15, 0.2) is 18.2 Å². The van der Waals surface area contributed by atoms with Crippen molar-refractivity contribution >= 4 is 5.69 Å². The maximum Gasteiger partial charge on any atom is 0.101 e. The molecule has 1 aromatic rings. The lowest BCUT2D eigenvalue weighted by atomic mass is 9.79. The van der Waals surface area contributed by atoms with Crippen molar-refractivity contribution in [2.24, 2.45) is 23.7 Å². The third-order valence-corrected chi connectivity index (χ3v) is 6.04. The van der Waals surface area contributed by atoms with Crippen LogP contribution in [0, 0.1) is 46.3 Å². The molecule has 1 aromatic carbocycles. The van der Waals surface area contributed by atoms with Crippen LogP contribution in [0.5, 0.6) is 0 Å². The molecule has 0 spiro atoms. The Bertz CT molecular complexity index is 651. The highest BCUT2D eigenvalue weighted by atomic mass is 14.9. The van der Waals surface area contributed by atoms with E-state index in [9.17, 15) is 0 Å². The smallest absolute Gasteiger partial charge is 0.101 e. The zero-order valence-corrected chi connectivity index (χ0v) is 12.0. The minimum Gasteiger partial charge on any atom is -0.382 e. The molecule has 0 saturated heterocycles. The number of hydrogen-bond acceptors (Lipinski definition) is 3. The third-order valence-electron chi connectivity index (χ3n) is 6.04. The van der Waals surface area contributed by atoms with Crippen LogP contribution in [0.25, 0.3) is 0 Å². The molecule has 0 heterocycles. The van der Waals surface area contributed by atoms with E-state index in [2.05, 4.69) is 17.5 Å². The van der Waals surface area contributed by atoms with Gasteiger partial charge in [0.15, 0.2) is 0 Å². The summed E-state index contributed by atoms with van der Waals surface area (Å²) in [5.41, 5.74) is 1.94. The molecule has 3 aliphatic rings. The molecule has 3 fully saturated rings.